The van der Waals surface area contributed by atoms with Crippen LogP contribution >= 0.6 is 0 Å². The predicted molar refractivity (Wildman–Crippen MR) is 86.1 cm³/mol. The molecule has 0 spiro atoms. The minimum absolute atomic E-state index is 0.00237. The Kier molecular flexibility index (Phi) is 6.19. The smallest absolute Gasteiger partial charge is 0.409 e. The van der Waals surface area contributed by atoms with Crippen LogP contribution in [-0.4, -0.2) is 78.2 Å². The summed E-state index contributed by atoms with van der Waals surface area (Å²) in [5.41, 5.74) is 1.16. The van der Waals surface area contributed by atoms with Crippen molar-refractivity contribution in [2.75, 3.05) is 46.4 Å². The minimum Gasteiger partial charge on any atom is -0.450 e. The summed E-state index contributed by atoms with van der Waals surface area (Å²) in [6.07, 6.45) is 4.01. The number of ether oxygens (including phenoxy) is 1. The zero-order valence-corrected chi connectivity index (χ0v) is 13.8. The van der Waals surface area contributed by atoms with Gasteiger partial charge in [-0.15, -0.1) is 0 Å². The van der Waals surface area contributed by atoms with Crippen molar-refractivity contribution in [2.24, 2.45) is 0 Å². The lowest BCUT2D eigenvalue weighted by Gasteiger charge is -2.36. The van der Waals surface area contributed by atoms with Gasteiger partial charge in [0, 0.05) is 52.2 Å². The summed E-state index contributed by atoms with van der Waals surface area (Å²) in [5, 5.41) is 0. The second-order valence-electron chi connectivity index (χ2n) is 5.48. The second kappa shape index (κ2) is 8.36. The molecule has 7 heteroatoms. The molecule has 2 rings (SSSR count). The number of amides is 3. The fourth-order valence-electron chi connectivity index (χ4n) is 2.48. The number of aromatic nitrogens is 1. The van der Waals surface area contributed by atoms with Gasteiger partial charge < -0.3 is 19.4 Å². The van der Waals surface area contributed by atoms with Gasteiger partial charge in [-0.3, -0.25) is 4.98 Å². The number of nitrogens with zero attached hydrogens (tertiary/aromatic N) is 4. The molecule has 0 aliphatic carbocycles. The minimum atomic E-state index is -0.300. The highest BCUT2D eigenvalue weighted by Crippen LogP contribution is 2.07. The molecular weight excluding hydrogens is 296 g/mol. The quantitative estimate of drug-likeness (QED) is 0.842. The number of hydrogen-bond acceptors (Lipinski definition) is 4. The maximum Gasteiger partial charge on any atom is 0.409 e. The van der Waals surface area contributed by atoms with Gasteiger partial charge in [0.25, 0.3) is 0 Å². The van der Waals surface area contributed by atoms with E-state index in [1.54, 1.807) is 41.1 Å². The van der Waals surface area contributed by atoms with Crippen LogP contribution in [0.1, 0.15) is 12.5 Å². The molecule has 0 radical (unpaired) electrons. The van der Waals surface area contributed by atoms with Gasteiger partial charge in [0.15, 0.2) is 0 Å². The standard InChI is InChI=1S/C16H24N4O3/c1-3-23-16(22)20-12-10-19(11-13-20)15(21)18(2)9-6-14-4-7-17-8-5-14/h4-5,7-8H,3,6,9-13H2,1-2H3. The Hall–Kier alpha value is -2.31. The number of carbonyl (C=O) groups excluding carboxylic acids is 2. The third-order valence-corrected chi connectivity index (χ3v) is 3.89. The fourth-order valence-corrected chi connectivity index (χ4v) is 2.48. The van der Waals surface area contributed by atoms with Crippen LogP contribution in [0.3, 0.4) is 0 Å². The summed E-state index contributed by atoms with van der Waals surface area (Å²) in [6, 6.07) is 3.91. The van der Waals surface area contributed by atoms with Crippen LogP contribution in [0, 0.1) is 0 Å². The Morgan fingerprint density at radius 2 is 1.78 bits per heavy atom. The first kappa shape index (κ1) is 17.1. The molecule has 1 aliphatic heterocycles. The largest absolute Gasteiger partial charge is 0.450 e. The highest BCUT2D eigenvalue weighted by Gasteiger charge is 2.26. The van der Waals surface area contributed by atoms with Gasteiger partial charge in [-0.1, -0.05) is 0 Å². The predicted octanol–water partition coefficient (Wildman–Crippen LogP) is 1.45. The van der Waals surface area contributed by atoms with Crippen LogP contribution in [0.25, 0.3) is 0 Å². The number of urea groups is 1. The lowest BCUT2D eigenvalue weighted by molar-refractivity contribution is 0.0802. The highest BCUT2D eigenvalue weighted by molar-refractivity contribution is 5.75. The molecule has 3 amide bonds. The van der Waals surface area contributed by atoms with Crippen LogP contribution in [0.15, 0.2) is 24.5 Å². The van der Waals surface area contributed by atoms with Gasteiger partial charge in [-0.05, 0) is 31.0 Å². The Labute approximate surface area is 136 Å². The van der Waals surface area contributed by atoms with Crippen molar-refractivity contribution in [3.63, 3.8) is 0 Å². The first-order valence-electron chi connectivity index (χ1n) is 7.92. The molecule has 0 atom stereocenters. The number of likely N-dealkylation sites (N-methyl/N-ethyl adjacent to an activating group) is 1. The lowest BCUT2D eigenvalue weighted by atomic mass is 10.2. The van der Waals surface area contributed by atoms with E-state index in [1.165, 1.54) is 0 Å². The van der Waals surface area contributed by atoms with E-state index in [9.17, 15) is 9.59 Å². The van der Waals surface area contributed by atoms with Crippen molar-refractivity contribution in [2.45, 2.75) is 13.3 Å². The van der Waals surface area contributed by atoms with Gasteiger partial charge in [0.1, 0.15) is 0 Å². The summed E-state index contributed by atoms with van der Waals surface area (Å²) in [6.45, 7) is 4.92. The molecule has 0 unspecified atom stereocenters. The molecule has 2 heterocycles. The Balaban J connectivity index is 1.76. The number of carbonyl (C=O) groups is 2. The monoisotopic (exact) mass is 320 g/mol. The van der Waals surface area contributed by atoms with Gasteiger partial charge in [-0.2, -0.15) is 0 Å². The summed E-state index contributed by atoms with van der Waals surface area (Å²) >= 11 is 0. The van der Waals surface area contributed by atoms with Crippen LogP contribution in [-0.2, 0) is 11.2 Å². The molecule has 1 fully saturated rings. The highest BCUT2D eigenvalue weighted by atomic mass is 16.6. The van der Waals surface area contributed by atoms with Gasteiger partial charge in [-0.25, -0.2) is 9.59 Å². The van der Waals surface area contributed by atoms with Crippen molar-refractivity contribution >= 4 is 12.1 Å². The molecule has 0 saturated carbocycles. The van der Waals surface area contributed by atoms with E-state index in [-0.39, 0.29) is 12.1 Å². The fraction of sp³-hybridized carbons (Fsp3) is 0.562. The molecular formula is C16H24N4O3. The number of piperazine rings is 1. The third kappa shape index (κ3) is 4.84. The van der Waals surface area contributed by atoms with Crippen molar-refractivity contribution in [3.05, 3.63) is 30.1 Å². The molecule has 0 N–H and O–H groups in total. The molecule has 7 nitrogen and oxygen atoms in total. The van der Waals surface area contributed by atoms with E-state index in [1.807, 2.05) is 12.1 Å². The molecule has 1 aliphatic rings. The van der Waals surface area contributed by atoms with Crippen LogP contribution in [0.2, 0.25) is 0 Å². The van der Waals surface area contributed by atoms with Gasteiger partial charge in [0.2, 0.25) is 0 Å². The summed E-state index contributed by atoms with van der Waals surface area (Å²) in [5.74, 6) is 0. The van der Waals surface area contributed by atoms with Crippen molar-refractivity contribution in [1.29, 1.82) is 0 Å². The maximum atomic E-state index is 12.4. The van der Waals surface area contributed by atoms with E-state index >= 15 is 0 Å². The van der Waals surface area contributed by atoms with Gasteiger partial charge >= 0.3 is 12.1 Å². The van der Waals surface area contributed by atoms with Gasteiger partial charge in [0.05, 0.1) is 6.61 Å². The van der Waals surface area contributed by atoms with Crippen LogP contribution in [0.5, 0.6) is 0 Å². The van der Waals surface area contributed by atoms with Crippen LogP contribution < -0.4 is 0 Å². The van der Waals surface area contributed by atoms with E-state index in [0.717, 1.165) is 12.0 Å². The zero-order chi connectivity index (χ0) is 16.7. The van der Waals surface area contributed by atoms with Crippen LogP contribution in [0.4, 0.5) is 9.59 Å². The number of rotatable bonds is 4. The first-order chi connectivity index (χ1) is 11.1. The Bertz CT molecular complexity index is 515. The molecule has 1 aromatic rings. The van der Waals surface area contributed by atoms with E-state index in [4.69, 9.17) is 4.74 Å². The Morgan fingerprint density at radius 1 is 1.17 bits per heavy atom. The van der Waals surface area contributed by atoms with Crippen molar-refractivity contribution in [3.8, 4) is 0 Å². The summed E-state index contributed by atoms with van der Waals surface area (Å²) in [7, 11) is 1.81. The number of pyridine rings is 1. The number of hydrogen-bond donors (Lipinski definition) is 0. The normalized spacial score (nSPS) is 14.5. The van der Waals surface area contributed by atoms with E-state index in [0.29, 0.717) is 39.3 Å². The van der Waals surface area contributed by atoms with Crippen molar-refractivity contribution in [1.82, 2.24) is 19.7 Å². The third-order valence-electron chi connectivity index (χ3n) is 3.89. The topological polar surface area (TPSA) is 66.0 Å². The molecule has 1 aromatic heterocycles. The van der Waals surface area contributed by atoms with E-state index < -0.39 is 0 Å². The SMILES string of the molecule is CCOC(=O)N1CCN(C(=O)N(C)CCc2ccncc2)CC1. The zero-order valence-electron chi connectivity index (χ0n) is 13.8. The molecule has 126 valence electrons. The van der Waals surface area contributed by atoms with E-state index in [2.05, 4.69) is 4.98 Å². The van der Waals surface area contributed by atoms with Crippen molar-refractivity contribution < 1.29 is 14.3 Å². The second-order valence-corrected chi connectivity index (χ2v) is 5.48. The summed E-state index contributed by atoms with van der Waals surface area (Å²) in [4.78, 5) is 33.2. The molecule has 0 bridgehead atoms. The Morgan fingerprint density at radius 3 is 2.39 bits per heavy atom. The molecule has 0 aromatic carbocycles. The molecule has 1 saturated heterocycles. The average Bonchev–Trinajstić information content (AvgIpc) is 2.60. The first-order valence-corrected chi connectivity index (χ1v) is 7.92. The summed E-state index contributed by atoms with van der Waals surface area (Å²) < 4.78 is 4.98. The average molecular weight is 320 g/mol. The maximum absolute atomic E-state index is 12.4. The molecule has 23 heavy (non-hydrogen) atoms. The lowest BCUT2D eigenvalue weighted by Crippen LogP contribution is -2.53.